The number of carboxylic acids is 1. The molecule has 0 radical (unpaired) electrons. The first-order chi connectivity index (χ1) is 9.97. The van der Waals surface area contributed by atoms with Gasteiger partial charge in [0.2, 0.25) is 5.91 Å². The molecular formula is C14H15F2NO4. The van der Waals surface area contributed by atoms with Gasteiger partial charge in [-0.25, -0.2) is 0 Å². The van der Waals surface area contributed by atoms with Crippen LogP contribution in [0.25, 0.3) is 0 Å². The number of carbonyl (C=O) groups excluding carboxylic acids is 1. The first kappa shape index (κ1) is 15.2. The zero-order valence-electron chi connectivity index (χ0n) is 11.1. The molecule has 1 fully saturated rings. The van der Waals surface area contributed by atoms with E-state index in [1.165, 1.54) is 18.2 Å². The lowest BCUT2D eigenvalue weighted by Gasteiger charge is -2.14. The van der Waals surface area contributed by atoms with Crippen molar-refractivity contribution >= 4 is 17.6 Å². The minimum absolute atomic E-state index is 0.117. The number of halogens is 2. The molecular weight excluding hydrogens is 284 g/mol. The van der Waals surface area contributed by atoms with Crippen molar-refractivity contribution in [1.82, 2.24) is 0 Å². The van der Waals surface area contributed by atoms with Crippen LogP contribution in [0.5, 0.6) is 5.75 Å². The number of hydrogen-bond acceptors (Lipinski definition) is 3. The quantitative estimate of drug-likeness (QED) is 0.876. The third-order valence-corrected chi connectivity index (χ3v) is 3.51. The van der Waals surface area contributed by atoms with E-state index in [1.807, 2.05) is 0 Å². The third-order valence-electron chi connectivity index (χ3n) is 3.51. The third kappa shape index (κ3) is 3.90. The van der Waals surface area contributed by atoms with Crippen molar-refractivity contribution in [3.8, 4) is 5.75 Å². The second kappa shape index (κ2) is 6.51. The first-order valence-corrected chi connectivity index (χ1v) is 6.55. The molecule has 2 rings (SSSR count). The van der Waals surface area contributed by atoms with E-state index in [2.05, 4.69) is 10.1 Å². The van der Waals surface area contributed by atoms with E-state index < -0.39 is 24.4 Å². The fraction of sp³-hybridized carbons (Fsp3) is 0.429. The molecule has 5 nitrogen and oxygen atoms in total. The maximum absolute atomic E-state index is 12.3. The largest absolute Gasteiger partial charge is 0.481 e. The normalized spacial score (nSPS) is 21.3. The van der Waals surface area contributed by atoms with Gasteiger partial charge in [-0.2, -0.15) is 8.78 Å². The molecule has 1 aromatic carbocycles. The van der Waals surface area contributed by atoms with Crippen LogP contribution in [0.1, 0.15) is 19.3 Å². The van der Waals surface area contributed by atoms with E-state index in [4.69, 9.17) is 5.11 Å². The van der Waals surface area contributed by atoms with E-state index >= 15 is 0 Å². The van der Waals surface area contributed by atoms with Gasteiger partial charge in [0.15, 0.2) is 0 Å². The Morgan fingerprint density at radius 3 is 2.52 bits per heavy atom. The Morgan fingerprint density at radius 2 is 1.90 bits per heavy atom. The van der Waals surface area contributed by atoms with Crippen molar-refractivity contribution in [2.45, 2.75) is 25.9 Å². The highest BCUT2D eigenvalue weighted by Gasteiger charge is 2.34. The molecule has 0 aliphatic heterocycles. The van der Waals surface area contributed by atoms with Crippen LogP contribution in [0.3, 0.4) is 0 Å². The predicted octanol–water partition coefficient (Wildman–Crippen LogP) is 2.73. The molecule has 1 aliphatic rings. The van der Waals surface area contributed by atoms with Crippen LogP contribution in [-0.2, 0) is 9.59 Å². The lowest BCUT2D eigenvalue weighted by atomic mass is 10.0. The number of hydrogen-bond donors (Lipinski definition) is 2. The number of benzene rings is 1. The van der Waals surface area contributed by atoms with E-state index in [1.54, 1.807) is 6.07 Å². The predicted molar refractivity (Wildman–Crippen MR) is 70.2 cm³/mol. The number of rotatable bonds is 5. The number of carbonyl (C=O) groups is 2. The van der Waals surface area contributed by atoms with Crippen molar-refractivity contribution in [1.29, 1.82) is 0 Å². The first-order valence-electron chi connectivity index (χ1n) is 6.55. The number of ether oxygens (including phenoxy) is 1. The molecule has 7 heteroatoms. The molecule has 1 amide bonds. The van der Waals surface area contributed by atoms with Crippen LogP contribution in [-0.4, -0.2) is 23.6 Å². The zero-order valence-corrected chi connectivity index (χ0v) is 11.1. The van der Waals surface area contributed by atoms with Gasteiger partial charge in [-0.15, -0.1) is 0 Å². The Morgan fingerprint density at radius 1 is 1.24 bits per heavy atom. The van der Waals surface area contributed by atoms with Crippen LogP contribution in [0.15, 0.2) is 24.3 Å². The van der Waals surface area contributed by atoms with Crippen molar-refractivity contribution in [2.24, 2.45) is 11.8 Å². The molecule has 1 aliphatic carbocycles. The van der Waals surface area contributed by atoms with E-state index in [-0.39, 0.29) is 23.8 Å². The highest BCUT2D eigenvalue weighted by molar-refractivity contribution is 5.94. The van der Waals surface area contributed by atoms with Gasteiger partial charge < -0.3 is 15.2 Å². The molecule has 0 unspecified atom stereocenters. The lowest BCUT2D eigenvalue weighted by molar-refractivity contribution is -0.141. The molecule has 0 spiro atoms. The second-order valence-corrected chi connectivity index (χ2v) is 4.91. The maximum Gasteiger partial charge on any atom is 0.387 e. The van der Waals surface area contributed by atoms with Gasteiger partial charge in [0, 0.05) is 5.92 Å². The summed E-state index contributed by atoms with van der Waals surface area (Å²) in [4.78, 5) is 22.9. The summed E-state index contributed by atoms with van der Waals surface area (Å²) in [5, 5.41) is 11.4. The van der Waals surface area contributed by atoms with Crippen LogP contribution in [0.4, 0.5) is 14.5 Å². The van der Waals surface area contributed by atoms with E-state index in [0.717, 1.165) is 0 Å². The van der Waals surface area contributed by atoms with E-state index in [0.29, 0.717) is 12.8 Å². The van der Waals surface area contributed by atoms with Crippen molar-refractivity contribution in [3.05, 3.63) is 24.3 Å². The fourth-order valence-corrected chi connectivity index (χ4v) is 2.45. The minimum Gasteiger partial charge on any atom is -0.481 e. The summed E-state index contributed by atoms with van der Waals surface area (Å²) in [7, 11) is 0. The van der Waals surface area contributed by atoms with E-state index in [9.17, 15) is 18.4 Å². The Hall–Kier alpha value is -2.18. The van der Waals surface area contributed by atoms with Crippen molar-refractivity contribution < 1.29 is 28.2 Å². The lowest BCUT2D eigenvalue weighted by Crippen LogP contribution is -2.22. The van der Waals surface area contributed by atoms with Gasteiger partial charge in [-0.1, -0.05) is 12.1 Å². The van der Waals surface area contributed by atoms with Crippen LogP contribution in [0.2, 0.25) is 0 Å². The molecule has 2 N–H and O–H groups in total. The number of nitrogens with one attached hydrogen (secondary N) is 1. The number of alkyl halides is 2. The summed E-state index contributed by atoms with van der Waals surface area (Å²) in [6.07, 6.45) is 1.18. The Balaban J connectivity index is 2.02. The number of anilines is 1. The highest BCUT2D eigenvalue weighted by Crippen LogP contribution is 2.33. The average molecular weight is 299 g/mol. The number of para-hydroxylation sites is 2. The Bertz CT molecular complexity index is 535. The molecule has 0 bridgehead atoms. The number of aliphatic carboxylic acids is 1. The molecule has 1 aromatic rings. The standard InChI is InChI=1S/C14H15F2NO4/c15-14(16)21-11-4-2-1-3-10(11)17-12(18)8-5-6-9(7-8)13(19)20/h1-4,8-9,14H,5-7H2,(H,17,18)(H,19,20)/t8-,9+/m1/s1. The summed E-state index contributed by atoms with van der Waals surface area (Å²) in [6.45, 7) is -2.98. The summed E-state index contributed by atoms with van der Waals surface area (Å²) in [6, 6.07) is 5.89. The number of amides is 1. The maximum atomic E-state index is 12.3. The SMILES string of the molecule is O=C(O)[C@H]1CC[C@@H](C(=O)Nc2ccccc2OC(F)F)C1. The van der Waals surface area contributed by atoms with Gasteiger partial charge in [-0.3, -0.25) is 9.59 Å². The zero-order chi connectivity index (χ0) is 15.4. The molecule has 0 aromatic heterocycles. The molecule has 114 valence electrons. The van der Waals surface area contributed by atoms with Gasteiger partial charge in [0.25, 0.3) is 0 Å². The molecule has 0 heterocycles. The monoisotopic (exact) mass is 299 g/mol. The fourth-order valence-electron chi connectivity index (χ4n) is 2.45. The smallest absolute Gasteiger partial charge is 0.387 e. The summed E-state index contributed by atoms with van der Waals surface area (Å²) in [5.74, 6) is -2.34. The molecule has 0 saturated heterocycles. The highest BCUT2D eigenvalue weighted by atomic mass is 19.3. The van der Waals surface area contributed by atoms with Gasteiger partial charge in [0.05, 0.1) is 11.6 Å². The van der Waals surface area contributed by atoms with Crippen molar-refractivity contribution in [2.75, 3.05) is 5.32 Å². The summed E-state index contributed by atoms with van der Waals surface area (Å²) in [5.41, 5.74) is 0.154. The van der Waals surface area contributed by atoms with Gasteiger partial charge in [0.1, 0.15) is 5.75 Å². The molecule has 1 saturated carbocycles. The second-order valence-electron chi connectivity index (χ2n) is 4.91. The number of carboxylic acid groups (broad SMARTS) is 1. The summed E-state index contributed by atoms with van der Waals surface area (Å²) < 4.78 is 28.9. The molecule has 21 heavy (non-hydrogen) atoms. The topological polar surface area (TPSA) is 75.6 Å². The summed E-state index contributed by atoms with van der Waals surface area (Å²) >= 11 is 0. The van der Waals surface area contributed by atoms with Crippen LogP contribution >= 0.6 is 0 Å². The van der Waals surface area contributed by atoms with Gasteiger partial charge >= 0.3 is 12.6 Å². The van der Waals surface area contributed by atoms with Gasteiger partial charge in [-0.05, 0) is 31.4 Å². The Labute approximate surface area is 119 Å². The molecule has 2 atom stereocenters. The van der Waals surface area contributed by atoms with Crippen LogP contribution in [0, 0.1) is 11.8 Å². The Kier molecular flexibility index (Phi) is 4.72. The minimum atomic E-state index is -2.98. The van der Waals surface area contributed by atoms with Crippen molar-refractivity contribution in [3.63, 3.8) is 0 Å². The average Bonchev–Trinajstić information content (AvgIpc) is 2.90. The van der Waals surface area contributed by atoms with Crippen LogP contribution < -0.4 is 10.1 Å².